The SMILES string of the molecule is CCn1c(NC2c3ccccc3C[C@@H]2OC(C)=O)c(C)nc(-c2ccc(OC)nc2OC)c1=O. The van der Waals surface area contributed by atoms with E-state index in [2.05, 4.69) is 15.3 Å². The number of rotatable bonds is 7. The standard InChI is InChI=1S/C25H28N4O5/c1-6-29-23(28-21-17-10-8-7-9-16(17)13-19(21)34-15(3)30)14(2)26-22(25(29)31)18-11-12-20(32-4)27-24(18)33-5/h7-12,19,21,28H,6,13H2,1-5H3/t19-,21?/m0/s1. The molecule has 0 amide bonds. The van der Waals surface area contributed by atoms with E-state index in [1.165, 1.54) is 21.1 Å². The molecule has 1 unspecified atom stereocenters. The molecule has 1 aromatic carbocycles. The maximum Gasteiger partial charge on any atom is 0.302 e. The van der Waals surface area contributed by atoms with Gasteiger partial charge in [-0.25, -0.2) is 4.98 Å². The van der Waals surface area contributed by atoms with Gasteiger partial charge in [-0.15, -0.1) is 0 Å². The van der Waals surface area contributed by atoms with Crippen LogP contribution in [0.3, 0.4) is 0 Å². The molecule has 0 radical (unpaired) electrons. The zero-order valence-corrected chi connectivity index (χ0v) is 19.9. The fourth-order valence-electron chi connectivity index (χ4n) is 4.42. The summed E-state index contributed by atoms with van der Waals surface area (Å²) in [5.74, 6) is 0.867. The number of nitrogens with one attached hydrogen (secondary N) is 1. The summed E-state index contributed by atoms with van der Waals surface area (Å²) in [7, 11) is 3.00. The highest BCUT2D eigenvalue weighted by Crippen LogP contribution is 2.37. The minimum atomic E-state index is -0.389. The Kier molecular flexibility index (Phi) is 6.54. The number of benzene rings is 1. The first-order valence-corrected chi connectivity index (χ1v) is 11.1. The van der Waals surface area contributed by atoms with Gasteiger partial charge in [0.25, 0.3) is 5.56 Å². The molecular weight excluding hydrogens is 436 g/mol. The lowest BCUT2D eigenvalue weighted by molar-refractivity contribution is -0.146. The summed E-state index contributed by atoms with van der Waals surface area (Å²) in [6.45, 7) is 5.55. The fourth-order valence-corrected chi connectivity index (χ4v) is 4.42. The Labute approximate surface area is 197 Å². The molecule has 3 aromatic rings. The van der Waals surface area contributed by atoms with Gasteiger partial charge in [0.1, 0.15) is 17.6 Å². The first kappa shape index (κ1) is 23.3. The van der Waals surface area contributed by atoms with Crippen molar-refractivity contribution in [2.24, 2.45) is 0 Å². The topological polar surface area (TPSA) is 105 Å². The lowest BCUT2D eigenvalue weighted by atomic mass is 10.1. The van der Waals surface area contributed by atoms with Gasteiger partial charge in [0, 0.05) is 26.0 Å². The van der Waals surface area contributed by atoms with Crippen molar-refractivity contribution in [3.05, 3.63) is 63.6 Å². The molecule has 4 rings (SSSR count). The van der Waals surface area contributed by atoms with E-state index in [1.807, 2.05) is 38.1 Å². The molecule has 2 heterocycles. The normalized spacial score (nSPS) is 16.6. The smallest absolute Gasteiger partial charge is 0.302 e. The van der Waals surface area contributed by atoms with Crippen LogP contribution >= 0.6 is 0 Å². The van der Waals surface area contributed by atoms with Gasteiger partial charge in [-0.3, -0.25) is 14.2 Å². The van der Waals surface area contributed by atoms with Crippen molar-refractivity contribution in [1.29, 1.82) is 0 Å². The maximum atomic E-state index is 13.5. The lowest BCUT2D eigenvalue weighted by Crippen LogP contribution is -2.32. The van der Waals surface area contributed by atoms with E-state index in [0.717, 1.165) is 11.1 Å². The van der Waals surface area contributed by atoms with E-state index in [1.54, 1.807) is 16.7 Å². The highest BCUT2D eigenvalue weighted by molar-refractivity contribution is 5.67. The average molecular weight is 465 g/mol. The molecule has 0 saturated heterocycles. The zero-order valence-electron chi connectivity index (χ0n) is 19.9. The van der Waals surface area contributed by atoms with Crippen LogP contribution in [-0.2, 0) is 22.5 Å². The monoisotopic (exact) mass is 464 g/mol. The van der Waals surface area contributed by atoms with Crippen molar-refractivity contribution in [2.75, 3.05) is 19.5 Å². The van der Waals surface area contributed by atoms with Gasteiger partial charge >= 0.3 is 5.97 Å². The summed E-state index contributed by atoms with van der Waals surface area (Å²) in [4.78, 5) is 34.2. The van der Waals surface area contributed by atoms with Crippen molar-refractivity contribution in [2.45, 2.75) is 45.9 Å². The molecule has 9 heteroatoms. The highest BCUT2D eigenvalue weighted by Gasteiger charge is 2.35. The number of fused-ring (bicyclic) bond motifs is 1. The van der Waals surface area contributed by atoms with Crippen LogP contribution in [-0.4, -0.2) is 40.8 Å². The summed E-state index contributed by atoms with van der Waals surface area (Å²) < 4.78 is 17.8. The molecule has 1 aliphatic carbocycles. The molecule has 0 saturated carbocycles. The molecular formula is C25H28N4O5. The molecule has 34 heavy (non-hydrogen) atoms. The molecule has 2 aromatic heterocycles. The predicted molar refractivity (Wildman–Crippen MR) is 127 cm³/mol. The third kappa shape index (κ3) is 4.21. The van der Waals surface area contributed by atoms with Crippen molar-refractivity contribution in [1.82, 2.24) is 14.5 Å². The minimum absolute atomic E-state index is 0.236. The van der Waals surface area contributed by atoms with Crippen molar-refractivity contribution in [3.63, 3.8) is 0 Å². The highest BCUT2D eigenvalue weighted by atomic mass is 16.5. The maximum absolute atomic E-state index is 13.5. The Morgan fingerprint density at radius 3 is 2.59 bits per heavy atom. The number of aryl methyl sites for hydroxylation is 1. The number of esters is 1. The van der Waals surface area contributed by atoms with Crippen LogP contribution in [0, 0.1) is 6.92 Å². The van der Waals surface area contributed by atoms with E-state index in [0.29, 0.717) is 35.9 Å². The number of pyridine rings is 1. The minimum Gasteiger partial charge on any atom is -0.481 e. The Balaban J connectivity index is 1.79. The Morgan fingerprint density at radius 1 is 1.15 bits per heavy atom. The summed E-state index contributed by atoms with van der Waals surface area (Å²) in [5.41, 5.74) is 3.20. The van der Waals surface area contributed by atoms with Gasteiger partial charge in [0.2, 0.25) is 11.8 Å². The number of carbonyl (C=O) groups excluding carboxylic acids is 1. The molecule has 0 bridgehead atoms. The van der Waals surface area contributed by atoms with Crippen LogP contribution in [0.1, 0.15) is 36.7 Å². The van der Waals surface area contributed by atoms with Gasteiger partial charge in [-0.05, 0) is 31.0 Å². The van der Waals surface area contributed by atoms with E-state index < -0.39 is 0 Å². The van der Waals surface area contributed by atoms with Gasteiger partial charge in [-0.2, -0.15) is 4.98 Å². The summed E-state index contributed by atoms with van der Waals surface area (Å²) in [6.07, 6.45) is 0.212. The van der Waals surface area contributed by atoms with Crippen LogP contribution < -0.4 is 20.3 Å². The van der Waals surface area contributed by atoms with Crippen LogP contribution in [0.15, 0.2) is 41.2 Å². The first-order chi connectivity index (χ1) is 16.4. The predicted octanol–water partition coefficient (Wildman–Crippen LogP) is 3.29. The zero-order chi connectivity index (χ0) is 24.4. The third-order valence-corrected chi connectivity index (χ3v) is 5.94. The van der Waals surface area contributed by atoms with E-state index in [-0.39, 0.29) is 35.2 Å². The van der Waals surface area contributed by atoms with Crippen LogP contribution in [0.2, 0.25) is 0 Å². The second-order valence-electron chi connectivity index (χ2n) is 8.03. The quantitative estimate of drug-likeness (QED) is 0.531. The number of methoxy groups -OCH3 is 2. The molecule has 0 fully saturated rings. The van der Waals surface area contributed by atoms with Crippen LogP contribution in [0.25, 0.3) is 11.3 Å². The number of hydrogen-bond donors (Lipinski definition) is 1. The fraction of sp³-hybridized carbons (Fsp3) is 0.360. The number of hydrogen-bond acceptors (Lipinski definition) is 8. The van der Waals surface area contributed by atoms with E-state index >= 15 is 0 Å². The molecule has 0 aliphatic heterocycles. The van der Waals surface area contributed by atoms with Crippen molar-refractivity contribution >= 4 is 11.8 Å². The molecule has 2 atom stereocenters. The number of ether oxygens (including phenoxy) is 3. The Bertz CT molecular complexity index is 1290. The van der Waals surface area contributed by atoms with Crippen molar-refractivity contribution < 1.29 is 19.0 Å². The molecule has 0 spiro atoms. The first-order valence-electron chi connectivity index (χ1n) is 11.1. The number of anilines is 1. The van der Waals surface area contributed by atoms with Gasteiger partial charge in [-0.1, -0.05) is 24.3 Å². The second-order valence-corrected chi connectivity index (χ2v) is 8.03. The van der Waals surface area contributed by atoms with Gasteiger partial charge in [0.15, 0.2) is 0 Å². The largest absolute Gasteiger partial charge is 0.481 e. The Hall–Kier alpha value is -3.88. The summed E-state index contributed by atoms with van der Waals surface area (Å²) >= 11 is 0. The van der Waals surface area contributed by atoms with E-state index in [9.17, 15) is 9.59 Å². The van der Waals surface area contributed by atoms with Crippen LogP contribution in [0.4, 0.5) is 5.82 Å². The molecule has 9 nitrogen and oxygen atoms in total. The third-order valence-electron chi connectivity index (χ3n) is 5.94. The number of carbonyl (C=O) groups is 1. The lowest BCUT2D eigenvalue weighted by Gasteiger charge is -2.25. The Morgan fingerprint density at radius 2 is 1.91 bits per heavy atom. The number of aromatic nitrogens is 3. The average Bonchev–Trinajstić information content (AvgIpc) is 3.17. The van der Waals surface area contributed by atoms with Crippen LogP contribution in [0.5, 0.6) is 11.8 Å². The number of nitrogens with zero attached hydrogens (tertiary/aromatic N) is 3. The van der Waals surface area contributed by atoms with Crippen molar-refractivity contribution in [3.8, 4) is 23.0 Å². The summed E-state index contributed by atoms with van der Waals surface area (Å²) in [5, 5.41) is 3.46. The van der Waals surface area contributed by atoms with E-state index in [4.69, 9.17) is 14.2 Å². The molecule has 1 N–H and O–H groups in total. The van der Waals surface area contributed by atoms with Gasteiger partial charge in [0.05, 0.1) is 31.5 Å². The summed E-state index contributed by atoms with van der Waals surface area (Å²) in [6, 6.07) is 11.0. The molecule has 178 valence electrons. The van der Waals surface area contributed by atoms with Gasteiger partial charge < -0.3 is 19.5 Å². The molecule has 1 aliphatic rings. The second kappa shape index (κ2) is 9.54.